The normalized spacial score (nSPS) is 10.9. The molecular weight excluding hydrogens is 440 g/mol. The van der Waals surface area contributed by atoms with E-state index >= 15 is 0 Å². The number of aromatic nitrogens is 4. The first kappa shape index (κ1) is 22.0. The fourth-order valence-corrected chi connectivity index (χ4v) is 3.70. The molecule has 0 fully saturated rings. The predicted molar refractivity (Wildman–Crippen MR) is 126 cm³/mol. The van der Waals surface area contributed by atoms with E-state index in [4.69, 9.17) is 4.74 Å². The molecule has 2 aromatic carbocycles. The second-order valence-corrected chi connectivity index (χ2v) is 7.66. The maximum Gasteiger partial charge on any atom is 0.250 e. The average Bonchev–Trinajstić information content (AvgIpc) is 3.29. The van der Waals surface area contributed by atoms with Crippen LogP contribution in [0.1, 0.15) is 5.56 Å². The number of methoxy groups -OCH3 is 1. The van der Waals surface area contributed by atoms with Crippen molar-refractivity contribution in [1.29, 1.82) is 0 Å². The van der Waals surface area contributed by atoms with Crippen LogP contribution in [0.4, 0.5) is 0 Å². The van der Waals surface area contributed by atoms with Crippen molar-refractivity contribution in [2.75, 3.05) is 12.9 Å². The van der Waals surface area contributed by atoms with E-state index in [1.165, 1.54) is 31.2 Å². The van der Waals surface area contributed by atoms with Crippen LogP contribution in [0.5, 0.6) is 11.5 Å². The summed E-state index contributed by atoms with van der Waals surface area (Å²) in [5, 5.41) is 23.0. The highest BCUT2D eigenvalue weighted by Gasteiger charge is 2.17. The van der Waals surface area contributed by atoms with Gasteiger partial charge in [-0.15, -0.1) is 10.2 Å². The molecule has 0 aliphatic carbocycles. The van der Waals surface area contributed by atoms with Crippen LogP contribution < -0.4 is 10.2 Å². The summed E-state index contributed by atoms with van der Waals surface area (Å²) in [7, 11) is 1.53. The minimum Gasteiger partial charge on any atom is -0.507 e. The third-order valence-corrected chi connectivity index (χ3v) is 5.48. The molecule has 4 rings (SSSR count). The lowest BCUT2D eigenvalue weighted by molar-refractivity contribution is -0.118. The van der Waals surface area contributed by atoms with Gasteiger partial charge < -0.3 is 9.84 Å². The number of thioether (sulfide) groups is 1. The van der Waals surface area contributed by atoms with E-state index in [2.05, 4.69) is 25.7 Å². The summed E-state index contributed by atoms with van der Waals surface area (Å²) >= 11 is 1.24. The van der Waals surface area contributed by atoms with E-state index in [1.54, 1.807) is 24.5 Å². The molecule has 2 heterocycles. The Kier molecular flexibility index (Phi) is 6.96. The van der Waals surface area contributed by atoms with Gasteiger partial charge in [-0.05, 0) is 42.5 Å². The molecule has 0 saturated heterocycles. The summed E-state index contributed by atoms with van der Waals surface area (Å²) in [6.45, 7) is 0. The van der Waals surface area contributed by atoms with Gasteiger partial charge >= 0.3 is 0 Å². The Balaban J connectivity index is 1.47. The standard InChI is InChI=1S/C23H20N6O3S/c1-32-19-7-8-20(30)17(13-19)14-25-26-21(31)15-33-23-28-27-22(16-9-11-24-12-10-16)29(23)18-5-3-2-4-6-18/h2-14,30H,15H2,1H3,(H,26,31)/b25-14-. The van der Waals surface area contributed by atoms with Gasteiger partial charge in [0, 0.05) is 29.2 Å². The molecule has 1 amide bonds. The van der Waals surface area contributed by atoms with Crippen LogP contribution in [0.2, 0.25) is 0 Å². The summed E-state index contributed by atoms with van der Waals surface area (Å²) in [5.74, 6) is 0.997. The summed E-state index contributed by atoms with van der Waals surface area (Å²) in [6.07, 6.45) is 4.74. The third-order valence-electron chi connectivity index (χ3n) is 4.55. The van der Waals surface area contributed by atoms with Crippen LogP contribution in [0.25, 0.3) is 17.1 Å². The Morgan fingerprint density at radius 3 is 2.70 bits per heavy atom. The molecule has 0 aliphatic rings. The quantitative estimate of drug-likeness (QED) is 0.236. The minimum absolute atomic E-state index is 0.0304. The van der Waals surface area contributed by atoms with Crippen molar-refractivity contribution in [3.05, 3.63) is 78.6 Å². The van der Waals surface area contributed by atoms with E-state index in [0.29, 0.717) is 22.3 Å². The lowest BCUT2D eigenvalue weighted by Crippen LogP contribution is -2.20. The van der Waals surface area contributed by atoms with Crippen molar-refractivity contribution < 1.29 is 14.6 Å². The molecule has 0 radical (unpaired) electrons. The fraction of sp³-hybridized carbons (Fsp3) is 0.0870. The van der Waals surface area contributed by atoms with Crippen LogP contribution in [-0.2, 0) is 4.79 Å². The number of phenols is 1. The fourth-order valence-electron chi connectivity index (χ4n) is 2.96. The number of phenolic OH excluding ortho intramolecular Hbond substituents is 1. The molecule has 9 nitrogen and oxygen atoms in total. The Hall–Kier alpha value is -4.18. The molecule has 10 heteroatoms. The lowest BCUT2D eigenvalue weighted by atomic mass is 10.2. The first-order valence-corrected chi connectivity index (χ1v) is 10.9. The smallest absolute Gasteiger partial charge is 0.250 e. The Morgan fingerprint density at radius 1 is 1.15 bits per heavy atom. The number of para-hydroxylation sites is 1. The Labute approximate surface area is 194 Å². The van der Waals surface area contributed by atoms with Gasteiger partial charge in [0.2, 0.25) is 0 Å². The zero-order valence-electron chi connectivity index (χ0n) is 17.6. The van der Waals surface area contributed by atoms with E-state index in [0.717, 1.165) is 11.3 Å². The summed E-state index contributed by atoms with van der Waals surface area (Å²) in [6, 6.07) is 18.1. The second-order valence-electron chi connectivity index (χ2n) is 6.72. The number of rotatable bonds is 8. The van der Waals surface area contributed by atoms with Gasteiger partial charge in [0.15, 0.2) is 11.0 Å². The first-order chi connectivity index (χ1) is 16.2. The van der Waals surface area contributed by atoms with Crippen molar-refractivity contribution >= 4 is 23.9 Å². The zero-order valence-corrected chi connectivity index (χ0v) is 18.4. The summed E-state index contributed by atoms with van der Waals surface area (Å²) < 4.78 is 7.02. The number of hydrazone groups is 1. The van der Waals surface area contributed by atoms with E-state index in [9.17, 15) is 9.90 Å². The number of carbonyl (C=O) groups excluding carboxylic acids is 1. The average molecular weight is 461 g/mol. The number of hydrogen-bond acceptors (Lipinski definition) is 8. The second kappa shape index (κ2) is 10.4. The van der Waals surface area contributed by atoms with Crippen LogP contribution >= 0.6 is 11.8 Å². The minimum atomic E-state index is -0.327. The number of ether oxygens (including phenoxy) is 1. The Bertz CT molecular complexity index is 1260. The van der Waals surface area contributed by atoms with Gasteiger partial charge in [-0.1, -0.05) is 30.0 Å². The molecule has 0 aliphatic heterocycles. The maximum atomic E-state index is 12.3. The molecule has 33 heavy (non-hydrogen) atoms. The number of nitrogens with zero attached hydrogens (tertiary/aromatic N) is 5. The van der Waals surface area contributed by atoms with Gasteiger partial charge in [-0.2, -0.15) is 5.10 Å². The van der Waals surface area contributed by atoms with Gasteiger partial charge in [0.25, 0.3) is 5.91 Å². The number of amides is 1. The summed E-state index contributed by atoms with van der Waals surface area (Å²) in [4.78, 5) is 16.4. The number of carbonyl (C=O) groups is 1. The molecule has 0 saturated carbocycles. The SMILES string of the molecule is COc1ccc(O)c(/C=N\NC(=O)CSc2nnc(-c3ccncc3)n2-c2ccccc2)c1. The van der Waals surface area contributed by atoms with Crippen molar-refractivity contribution in [3.8, 4) is 28.6 Å². The third kappa shape index (κ3) is 5.36. The van der Waals surface area contributed by atoms with Gasteiger partial charge in [0.05, 0.1) is 19.1 Å². The van der Waals surface area contributed by atoms with Crippen molar-refractivity contribution in [3.63, 3.8) is 0 Å². The number of hydrogen-bond donors (Lipinski definition) is 2. The van der Waals surface area contributed by atoms with Crippen molar-refractivity contribution in [1.82, 2.24) is 25.2 Å². The molecule has 0 atom stereocenters. The molecule has 166 valence electrons. The monoisotopic (exact) mass is 460 g/mol. The van der Waals surface area contributed by atoms with E-state index < -0.39 is 0 Å². The lowest BCUT2D eigenvalue weighted by Gasteiger charge is -2.10. The predicted octanol–water partition coefficient (Wildman–Crippen LogP) is 3.29. The topological polar surface area (TPSA) is 115 Å². The van der Waals surface area contributed by atoms with Crippen molar-refractivity contribution in [2.24, 2.45) is 5.10 Å². The Morgan fingerprint density at radius 2 is 1.94 bits per heavy atom. The van der Waals surface area contributed by atoms with E-state index in [1.807, 2.05) is 47.0 Å². The maximum absolute atomic E-state index is 12.3. The molecular formula is C23H20N6O3S. The number of nitrogens with one attached hydrogen (secondary N) is 1. The molecule has 0 unspecified atom stereocenters. The zero-order chi connectivity index (χ0) is 23.0. The number of pyridine rings is 1. The number of benzene rings is 2. The number of aromatic hydroxyl groups is 1. The molecule has 4 aromatic rings. The highest BCUT2D eigenvalue weighted by Crippen LogP contribution is 2.27. The highest BCUT2D eigenvalue weighted by atomic mass is 32.2. The first-order valence-electron chi connectivity index (χ1n) is 9.88. The van der Waals surface area contributed by atoms with Gasteiger partial charge in [-0.25, -0.2) is 5.43 Å². The van der Waals surface area contributed by atoms with Crippen LogP contribution in [-0.4, -0.2) is 49.8 Å². The van der Waals surface area contributed by atoms with Gasteiger partial charge in [-0.3, -0.25) is 14.3 Å². The molecule has 0 spiro atoms. The largest absolute Gasteiger partial charge is 0.507 e. The summed E-state index contributed by atoms with van der Waals surface area (Å²) in [5.41, 5.74) is 4.62. The van der Waals surface area contributed by atoms with Gasteiger partial charge in [0.1, 0.15) is 11.5 Å². The van der Waals surface area contributed by atoms with Crippen molar-refractivity contribution in [2.45, 2.75) is 5.16 Å². The van der Waals surface area contributed by atoms with Crippen LogP contribution in [0, 0.1) is 0 Å². The molecule has 2 N–H and O–H groups in total. The molecule has 0 bridgehead atoms. The van der Waals surface area contributed by atoms with Crippen LogP contribution in [0.3, 0.4) is 0 Å². The van der Waals surface area contributed by atoms with E-state index in [-0.39, 0.29) is 17.4 Å². The van der Waals surface area contributed by atoms with Crippen LogP contribution in [0.15, 0.2) is 83.3 Å². The molecule has 2 aromatic heterocycles. The highest BCUT2D eigenvalue weighted by molar-refractivity contribution is 7.99.